The van der Waals surface area contributed by atoms with Crippen LogP contribution in [0.2, 0.25) is 0 Å². The van der Waals surface area contributed by atoms with Crippen molar-refractivity contribution in [1.82, 2.24) is 5.32 Å². The molecule has 7 heteroatoms. The highest BCUT2D eigenvalue weighted by Gasteiger charge is 2.41. The van der Waals surface area contributed by atoms with E-state index in [0.29, 0.717) is 24.4 Å². The summed E-state index contributed by atoms with van der Waals surface area (Å²) >= 11 is 5.10. The predicted molar refractivity (Wildman–Crippen MR) is 99.3 cm³/mol. The number of carboxylic acid groups (broad SMARTS) is 1. The molecule has 1 aliphatic carbocycles. The number of aliphatic hydroxyl groups excluding tert-OH is 1. The lowest BCUT2D eigenvalue weighted by Gasteiger charge is -2.20. The SMILES string of the molecule is CCCCNC(=S)OC[C@H]1[C@H](O)CC(=O)[C@@H]1C/C=C\CCCC(=O)O. The van der Waals surface area contributed by atoms with Gasteiger partial charge in [0, 0.05) is 31.2 Å². The number of ketones is 1. The summed E-state index contributed by atoms with van der Waals surface area (Å²) < 4.78 is 5.51. The molecule has 142 valence electrons. The molecule has 0 aromatic carbocycles. The molecule has 0 aliphatic heterocycles. The van der Waals surface area contributed by atoms with Crippen molar-refractivity contribution in [2.24, 2.45) is 11.8 Å². The molecule has 0 saturated heterocycles. The second kappa shape index (κ2) is 12.0. The Kier molecular flexibility index (Phi) is 10.3. The van der Waals surface area contributed by atoms with Crippen molar-refractivity contribution in [3.05, 3.63) is 12.2 Å². The van der Waals surface area contributed by atoms with Gasteiger partial charge in [-0.1, -0.05) is 25.5 Å². The van der Waals surface area contributed by atoms with Crippen molar-refractivity contribution in [2.45, 2.75) is 58.0 Å². The largest absolute Gasteiger partial charge is 0.481 e. The first-order chi connectivity index (χ1) is 12.0. The van der Waals surface area contributed by atoms with E-state index < -0.39 is 12.1 Å². The molecule has 1 fully saturated rings. The highest BCUT2D eigenvalue weighted by Crippen LogP contribution is 2.32. The van der Waals surface area contributed by atoms with E-state index in [2.05, 4.69) is 12.2 Å². The summed E-state index contributed by atoms with van der Waals surface area (Å²) in [6, 6.07) is 0. The van der Waals surface area contributed by atoms with Crippen LogP contribution in [0.25, 0.3) is 0 Å². The summed E-state index contributed by atoms with van der Waals surface area (Å²) in [5.74, 6) is -1.30. The van der Waals surface area contributed by atoms with Gasteiger partial charge < -0.3 is 20.3 Å². The van der Waals surface area contributed by atoms with Gasteiger partial charge in [-0.25, -0.2) is 0 Å². The minimum absolute atomic E-state index is 0.0427. The Bertz CT molecular complexity index is 480. The molecule has 0 bridgehead atoms. The molecule has 25 heavy (non-hydrogen) atoms. The first-order valence-corrected chi connectivity index (χ1v) is 9.34. The fourth-order valence-corrected chi connectivity index (χ4v) is 3.04. The first kappa shape index (κ1) is 21.6. The molecular formula is C18H29NO5S. The van der Waals surface area contributed by atoms with Gasteiger partial charge in [0.25, 0.3) is 5.17 Å². The maximum atomic E-state index is 12.1. The number of allylic oxidation sites excluding steroid dienone is 2. The van der Waals surface area contributed by atoms with Crippen molar-refractivity contribution in [1.29, 1.82) is 0 Å². The van der Waals surface area contributed by atoms with Crippen LogP contribution in [0, 0.1) is 11.8 Å². The van der Waals surface area contributed by atoms with Crippen molar-refractivity contribution in [2.75, 3.05) is 13.2 Å². The quantitative estimate of drug-likeness (QED) is 0.292. The van der Waals surface area contributed by atoms with E-state index in [-0.39, 0.29) is 37.1 Å². The lowest BCUT2D eigenvalue weighted by atomic mass is 9.91. The van der Waals surface area contributed by atoms with Gasteiger partial charge in [-0.15, -0.1) is 0 Å². The van der Waals surface area contributed by atoms with Gasteiger partial charge >= 0.3 is 5.97 Å². The minimum Gasteiger partial charge on any atom is -0.481 e. The smallest absolute Gasteiger partial charge is 0.303 e. The maximum absolute atomic E-state index is 12.1. The van der Waals surface area contributed by atoms with E-state index in [1.165, 1.54) is 0 Å². The zero-order valence-electron chi connectivity index (χ0n) is 14.8. The summed E-state index contributed by atoms with van der Waals surface area (Å²) in [6.07, 6.45) is 7.24. The van der Waals surface area contributed by atoms with Gasteiger partial charge in [-0.2, -0.15) is 0 Å². The fourth-order valence-electron chi connectivity index (χ4n) is 2.87. The van der Waals surface area contributed by atoms with E-state index in [1.54, 1.807) is 0 Å². The molecule has 1 rings (SSSR count). The second-order valence-corrected chi connectivity index (χ2v) is 6.75. The zero-order chi connectivity index (χ0) is 18.7. The molecule has 0 spiro atoms. The normalized spacial score (nSPS) is 23.1. The van der Waals surface area contributed by atoms with Gasteiger partial charge in [-0.05, 0) is 37.9 Å². The molecule has 3 N–H and O–H groups in total. The van der Waals surface area contributed by atoms with Crippen LogP contribution >= 0.6 is 12.2 Å². The minimum atomic E-state index is -0.803. The number of ether oxygens (including phenoxy) is 1. The Hall–Kier alpha value is -1.47. The third kappa shape index (κ3) is 8.45. The number of unbranched alkanes of at least 4 members (excludes halogenated alkanes) is 2. The van der Waals surface area contributed by atoms with Crippen molar-refractivity contribution in [3.8, 4) is 0 Å². The topological polar surface area (TPSA) is 95.9 Å². The number of hydrogen-bond acceptors (Lipinski definition) is 5. The van der Waals surface area contributed by atoms with Gasteiger partial charge in [0.1, 0.15) is 5.78 Å². The Labute approximate surface area is 154 Å². The Morgan fingerprint density at radius 2 is 2.16 bits per heavy atom. The standard InChI is InChI=1S/C18H29NO5S/c1-2-3-10-19-18(25)24-12-14-13(15(20)11-16(14)21)8-6-4-5-7-9-17(22)23/h4,6,13-14,16,21H,2-3,5,7-12H2,1H3,(H,19,25)(H,22,23)/b6-4-/t13-,14-,16-/m1/s1. The average Bonchev–Trinajstić information content (AvgIpc) is 2.82. The lowest BCUT2D eigenvalue weighted by molar-refractivity contribution is -0.137. The Balaban J connectivity index is 2.39. The maximum Gasteiger partial charge on any atom is 0.303 e. The van der Waals surface area contributed by atoms with Crippen LogP contribution in [0.1, 0.15) is 51.9 Å². The number of carboxylic acids is 1. The molecular weight excluding hydrogens is 342 g/mol. The first-order valence-electron chi connectivity index (χ1n) is 8.93. The summed E-state index contributed by atoms with van der Waals surface area (Å²) in [4.78, 5) is 22.5. The van der Waals surface area contributed by atoms with Crippen molar-refractivity contribution >= 4 is 29.1 Å². The summed E-state index contributed by atoms with van der Waals surface area (Å²) in [5.41, 5.74) is 0. The third-order valence-corrected chi connectivity index (χ3v) is 4.62. The average molecular weight is 371 g/mol. The van der Waals surface area contributed by atoms with Gasteiger partial charge in [-0.3, -0.25) is 9.59 Å². The van der Waals surface area contributed by atoms with E-state index in [9.17, 15) is 14.7 Å². The molecule has 0 heterocycles. The number of aliphatic hydroxyl groups is 1. The molecule has 6 nitrogen and oxygen atoms in total. The van der Waals surface area contributed by atoms with Crippen LogP contribution in [0.15, 0.2) is 12.2 Å². The van der Waals surface area contributed by atoms with E-state index in [0.717, 1.165) is 19.4 Å². The highest BCUT2D eigenvalue weighted by molar-refractivity contribution is 7.80. The van der Waals surface area contributed by atoms with Crippen LogP contribution in [-0.2, 0) is 14.3 Å². The molecule has 0 aromatic heterocycles. The molecule has 0 unspecified atom stereocenters. The highest BCUT2D eigenvalue weighted by atomic mass is 32.1. The predicted octanol–water partition coefficient (Wildman–Crippen LogP) is 2.44. The Morgan fingerprint density at radius 1 is 1.40 bits per heavy atom. The number of aliphatic carboxylic acids is 1. The van der Waals surface area contributed by atoms with Crippen molar-refractivity contribution < 1.29 is 24.5 Å². The molecule has 0 aromatic rings. The van der Waals surface area contributed by atoms with Crippen LogP contribution in [0.5, 0.6) is 0 Å². The molecule has 1 saturated carbocycles. The Morgan fingerprint density at radius 3 is 2.84 bits per heavy atom. The fraction of sp³-hybridized carbons (Fsp3) is 0.722. The van der Waals surface area contributed by atoms with E-state index in [4.69, 9.17) is 22.1 Å². The monoisotopic (exact) mass is 371 g/mol. The van der Waals surface area contributed by atoms with Crippen molar-refractivity contribution in [3.63, 3.8) is 0 Å². The molecule has 1 aliphatic rings. The summed E-state index contributed by atoms with van der Waals surface area (Å²) in [7, 11) is 0. The number of Topliss-reactive ketones (excluding diaryl/α,β-unsaturated/α-hetero) is 1. The number of carbonyl (C=O) groups excluding carboxylic acids is 1. The third-order valence-electron chi connectivity index (χ3n) is 4.36. The lowest BCUT2D eigenvalue weighted by Crippen LogP contribution is -2.31. The summed E-state index contributed by atoms with van der Waals surface area (Å²) in [5, 5.41) is 22.0. The van der Waals surface area contributed by atoms with Gasteiger partial charge in [0.15, 0.2) is 0 Å². The van der Waals surface area contributed by atoms with Gasteiger partial charge in [0.2, 0.25) is 0 Å². The summed E-state index contributed by atoms with van der Waals surface area (Å²) in [6.45, 7) is 3.07. The van der Waals surface area contributed by atoms with Gasteiger partial charge in [0.05, 0.1) is 12.7 Å². The number of thiocarbonyl (C=S) groups is 1. The molecule has 0 amide bonds. The number of carbonyl (C=O) groups is 2. The van der Waals surface area contributed by atoms with E-state index in [1.807, 2.05) is 12.2 Å². The van der Waals surface area contributed by atoms with Crippen LogP contribution in [0.3, 0.4) is 0 Å². The van der Waals surface area contributed by atoms with Crippen LogP contribution in [0.4, 0.5) is 0 Å². The zero-order valence-corrected chi connectivity index (χ0v) is 15.6. The number of hydrogen-bond donors (Lipinski definition) is 3. The molecule has 0 radical (unpaired) electrons. The molecule has 3 atom stereocenters. The van der Waals surface area contributed by atoms with E-state index >= 15 is 0 Å². The van der Waals surface area contributed by atoms with Crippen LogP contribution in [-0.4, -0.2) is 46.4 Å². The van der Waals surface area contributed by atoms with Crippen LogP contribution < -0.4 is 5.32 Å². The number of nitrogens with one attached hydrogen (secondary N) is 1. The second-order valence-electron chi connectivity index (χ2n) is 6.38. The number of rotatable bonds is 11.